The summed E-state index contributed by atoms with van der Waals surface area (Å²) in [5.41, 5.74) is -0.714. The summed E-state index contributed by atoms with van der Waals surface area (Å²) in [6, 6.07) is 17.3. The highest BCUT2D eigenvalue weighted by Gasteiger charge is 2.44. The number of carboxylic acid groups (broad SMARTS) is 1. The van der Waals surface area contributed by atoms with E-state index in [-0.39, 0.29) is 25.0 Å². The van der Waals surface area contributed by atoms with E-state index in [1.807, 2.05) is 30.3 Å². The minimum atomic E-state index is -1.31. The molecule has 9 heteroatoms. The first kappa shape index (κ1) is 30.0. The average Bonchev–Trinajstić information content (AvgIpc) is 2.82. The summed E-state index contributed by atoms with van der Waals surface area (Å²) in [7, 11) is 0. The summed E-state index contributed by atoms with van der Waals surface area (Å²) < 4.78 is 10.2. The van der Waals surface area contributed by atoms with Crippen LogP contribution in [0, 0.1) is 16.7 Å². The van der Waals surface area contributed by atoms with E-state index in [0.717, 1.165) is 17.3 Å². The van der Waals surface area contributed by atoms with Crippen molar-refractivity contribution >= 4 is 46.1 Å². The maximum Gasteiger partial charge on any atom is 0.338 e. The number of hydrogen-bond acceptors (Lipinski definition) is 8. The molecule has 0 aromatic heterocycles. The zero-order valence-corrected chi connectivity index (χ0v) is 23.2. The molecule has 0 fully saturated rings. The highest BCUT2D eigenvalue weighted by Crippen LogP contribution is 2.42. The Balaban J connectivity index is 2.31. The van der Waals surface area contributed by atoms with Gasteiger partial charge in [0, 0.05) is 6.42 Å². The van der Waals surface area contributed by atoms with Gasteiger partial charge < -0.3 is 14.6 Å². The van der Waals surface area contributed by atoms with Crippen LogP contribution in [0.1, 0.15) is 69.8 Å². The molecule has 0 aliphatic rings. The lowest BCUT2D eigenvalue weighted by atomic mass is 9.78. The van der Waals surface area contributed by atoms with E-state index in [2.05, 4.69) is 6.07 Å². The number of hydrogen-bond donors (Lipinski definition) is 1. The Bertz CT molecular complexity index is 1180. The molecule has 0 aliphatic heterocycles. The lowest BCUT2D eigenvalue weighted by Crippen LogP contribution is -2.41. The summed E-state index contributed by atoms with van der Waals surface area (Å²) in [6.07, 6.45) is -0.143. The quantitative estimate of drug-likeness (QED) is 0.213. The second-order valence-corrected chi connectivity index (χ2v) is 12.3. The number of aliphatic carboxylic acids is 1. The average molecular weight is 542 g/mol. The predicted octanol–water partition coefficient (Wildman–Crippen LogP) is 6.20. The van der Waals surface area contributed by atoms with Crippen LogP contribution in [0.4, 0.5) is 0 Å². The number of thioether (sulfide) groups is 1. The van der Waals surface area contributed by atoms with E-state index in [1.165, 1.54) is 24.3 Å². The van der Waals surface area contributed by atoms with E-state index in [9.17, 15) is 19.6 Å². The zero-order valence-electron chi connectivity index (χ0n) is 21.6. The zero-order chi connectivity index (χ0) is 27.9. The van der Waals surface area contributed by atoms with E-state index in [1.54, 1.807) is 34.6 Å². The van der Waals surface area contributed by atoms with E-state index in [4.69, 9.17) is 26.8 Å². The second-order valence-electron chi connectivity index (χ2n) is 10.1. The maximum atomic E-state index is 13.5. The van der Waals surface area contributed by atoms with Crippen LogP contribution in [-0.2, 0) is 14.3 Å². The third-order valence-electron chi connectivity index (χ3n) is 5.35. The lowest BCUT2D eigenvalue weighted by Gasteiger charge is -2.33. The molecule has 2 aromatic carbocycles. The first-order valence-corrected chi connectivity index (χ1v) is 12.9. The molecule has 0 saturated heterocycles. The Morgan fingerprint density at radius 2 is 1.57 bits per heavy atom. The number of nitriles is 1. The van der Waals surface area contributed by atoms with Crippen molar-refractivity contribution in [1.29, 1.82) is 5.26 Å². The molecule has 2 aromatic rings. The van der Waals surface area contributed by atoms with Crippen molar-refractivity contribution in [2.24, 2.45) is 5.41 Å². The molecule has 1 N–H and O–H groups in total. The number of ether oxygens (including phenoxy) is 2. The number of rotatable bonds is 10. The van der Waals surface area contributed by atoms with Gasteiger partial charge >= 0.3 is 17.9 Å². The number of thiocarbonyl (C=S) groups is 1. The van der Waals surface area contributed by atoms with E-state index in [0.29, 0.717) is 9.76 Å². The highest BCUT2D eigenvalue weighted by molar-refractivity contribution is 8.25. The van der Waals surface area contributed by atoms with Gasteiger partial charge in [0.25, 0.3) is 0 Å². The Kier molecular flexibility index (Phi) is 10.0. The molecule has 37 heavy (non-hydrogen) atoms. The number of carboxylic acids is 1. The number of carbonyl (C=O) groups excluding carboxylic acids is 2. The van der Waals surface area contributed by atoms with Crippen molar-refractivity contribution in [3.05, 3.63) is 65.7 Å². The predicted molar refractivity (Wildman–Crippen MR) is 147 cm³/mol. The Morgan fingerprint density at radius 3 is 2.08 bits per heavy atom. The fourth-order valence-corrected chi connectivity index (χ4v) is 5.38. The molecule has 2 atom stereocenters. The van der Waals surface area contributed by atoms with Crippen LogP contribution in [0.15, 0.2) is 54.6 Å². The summed E-state index contributed by atoms with van der Waals surface area (Å²) in [5, 5.41) is 19.0. The van der Waals surface area contributed by atoms with E-state index < -0.39 is 33.7 Å². The van der Waals surface area contributed by atoms with Gasteiger partial charge in [-0.15, -0.1) is 0 Å². The lowest BCUT2D eigenvalue weighted by molar-refractivity contribution is -0.137. The van der Waals surface area contributed by atoms with Gasteiger partial charge in [0.15, 0.2) is 0 Å². The van der Waals surface area contributed by atoms with Crippen LogP contribution in [0.3, 0.4) is 0 Å². The van der Waals surface area contributed by atoms with Crippen LogP contribution in [-0.4, -0.2) is 37.6 Å². The van der Waals surface area contributed by atoms with E-state index >= 15 is 0 Å². The Labute approximate surface area is 227 Å². The largest absolute Gasteiger partial charge is 0.481 e. The van der Waals surface area contributed by atoms with Crippen molar-refractivity contribution in [2.75, 3.05) is 0 Å². The van der Waals surface area contributed by atoms with Gasteiger partial charge in [-0.25, -0.2) is 4.79 Å². The molecule has 0 radical (unpaired) electrons. The first-order valence-electron chi connectivity index (χ1n) is 11.6. The molecule has 0 saturated carbocycles. The Hall–Kier alpha value is -3.22. The molecule has 7 nitrogen and oxygen atoms in total. The third kappa shape index (κ3) is 9.30. The van der Waals surface area contributed by atoms with Crippen molar-refractivity contribution in [2.45, 2.75) is 64.2 Å². The molecule has 0 bridgehead atoms. The molecule has 0 spiro atoms. The first-order chi connectivity index (χ1) is 17.2. The number of carbonyl (C=O) groups is 3. The summed E-state index contributed by atoms with van der Waals surface area (Å²) in [6.45, 7) is 8.57. The standard InChI is InChI=1S/C28H31NO6S2/c1-26(2,3)35-23(32)19-11-13-21(14-12-19)34-25(33)28(5,17-27(4,18-29)16-15-22(30)31)37-24(36)20-9-7-6-8-10-20/h6-14H,15-17H2,1-5H3,(H,30,31). The van der Waals surface area contributed by atoms with Gasteiger partial charge in [-0.2, -0.15) is 5.26 Å². The topological polar surface area (TPSA) is 114 Å². The fraction of sp³-hybridized carbons (Fsp3) is 0.393. The third-order valence-corrected chi connectivity index (χ3v) is 7.02. The molecule has 0 amide bonds. The smallest absolute Gasteiger partial charge is 0.338 e. The normalized spacial score (nSPS) is 14.4. The van der Waals surface area contributed by atoms with Crippen molar-refractivity contribution in [3.8, 4) is 11.8 Å². The monoisotopic (exact) mass is 541 g/mol. The van der Waals surface area contributed by atoms with Crippen molar-refractivity contribution in [3.63, 3.8) is 0 Å². The molecule has 0 heterocycles. The number of esters is 2. The summed E-state index contributed by atoms with van der Waals surface area (Å²) in [5.74, 6) is -1.96. The van der Waals surface area contributed by atoms with Crippen LogP contribution < -0.4 is 4.74 Å². The van der Waals surface area contributed by atoms with Crippen LogP contribution in [0.2, 0.25) is 0 Å². The molecule has 2 unspecified atom stereocenters. The molecular weight excluding hydrogens is 510 g/mol. The minimum Gasteiger partial charge on any atom is -0.481 e. The van der Waals surface area contributed by atoms with Crippen molar-refractivity contribution < 1.29 is 29.0 Å². The van der Waals surface area contributed by atoms with Crippen LogP contribution >= 0.6 is 24.0 Å². The van der Waals surface area contributed by atoms with Gasteiger partial charge in [-0.1, -0.05) is 54.3 Å². The second kappa shape index (κ2) is 12.3. The molecule has 2 rings (SSSR count). The van der Waals surface area contributed by atoms with Crippen LogP contribution in [0.25, 0.3) is 0 Å². The maximum absolute atomic E-state index is 13.5. The van der Waals surface area contributed by atoms with Gasteiger partial charge in [-0.05, 0) is 77.3 Å². The number of nitrogens with zero attached hydrogens (tertiary/aromatic N) is 1. The fourth-order valence-electron chi connectivity index (χ4n) is 3.51. The molecule has 0 aliphatic carbocycles. The van der Waals surface area contributed by atoms with Gasteiger partial charge in [0.2, 0.25) is 0 Å². The van der Waals surface area contributed by atoms with Crippen LogP contribution in [0.5, 0.6) is 5.75 Å². The minimum absolute atomic E-state index is 0.0102. The molecule has 196 valence electrons. The highest BCUT2D eigenvalue weighted by atomic mass is 32.2. The van der Waals surface area contributed by atoms with Gasteiger partial charge in [-0.3, -0.25) is 9.59 Å². The molecular formula is C28H31NO6S2. The van der Waals surface area contributed by atoms with Gasteiger partial charge in [0.1, 0.15) is 16.1 Å². The SMILES string of the molecule is CC(C#N)(CCC(=O)O)CC(C)(SC(=S)c1ccccc1)C(=O)Oc1ccc(C(=O)OC(C)(C)C)cc1. The Morgan fingerprint density at radius 1 is 0.973 bits per heavy atom. The summed E-state index contributed by atoms with van der Waals surface area (Å²) in [4.78, 5) is 37.0. The summed E-state index contributed by atoms with van der Waals surface area (Å²) >= 11 is 6.70. The van der Waals surface area contributed by atoms with Gasteiger partial charge in [0.05, 0.1) is 21.2 Å². The van der Waals surface area contributed by atoms with Crippen molar-refractivity contribution in [1.82, 2.24) is 0 Å². The number of benzene rings is 2.